The maximum absolute atomic E-state index is 12.6. The van der Waals surface area contributed by atoms with Crippen molar-refractivity contribution in [1.82, 2.24) is 0 Å². The molecular weight excluding hydrogens is 227 g/mol. The molecule has 1 saturated heterocycles. The van der Waals surface area contributed by atoms with Crippen LogP contribution in [-0.4, -0.2) is 24.5 Å². The van der Waals surface area contributed by atoms with Gasteiger partial charge in [0, 0.05) is 0 Å². The lowest BCUT2D eigenvalue weighted by Gasteiger charge is -2.32. The van der Waals surface area contributed by atoms with E-state index in [0.717, 1.165) is 0 Å². The van der Waals surface area contributed by atoms with Gasteiger partial charge in [0.25, 0.3) is 0 Å². The summed E-state index contributed by atoms with van der Waals surface area (Å²) in [5, 5.41) is 0. The first-order chi connectivity index (χ1) is 6.96. The molecule has 1 aliphatic rings. The van der Waals surface area contributed by atoms with Gasteiger partial charge in [-0.3, -0.25) is 0 Å². The molecule has 0 aromatic heterocycles. The molecule has 0 bridgehead atoms. The van der Waals surface area contributed by atoms with Gasteiger partial charge in [-0.2, -0.15) is 13.2 Å². The van der Waals surface area contributed by atoms with Crippen molar-refractivity contribution in [1.29, 1.82) is 0 Å². The molecule has 0 amide bonds. The first-order valence-corrected chi connectivity index (χ1v) is 4.76. The first kappa shape index (κ1) is 13.5. The lowest BCUT2D eigenvalue weighted by molar-refractivity contribution is -0.108. The molecule has 0 radical (unpaired) electrons. The monoisotopic (exact) mass is 240 g/mol. The molecule has 1 rings (SSSR count). The third-order valence-corrected chi connectivity index (χ3v) is 2.82. The second kappa shape index (κ2) is 3.73. The van der Waals surface area contributed by atoms with E-state index < -0.39 is 30.3 Å². The average molecular weight is 240 g/mol. The van der Waals surface area contributed by atoms with Crippen LogP contribution in [-0.2, 0) is 9.31 Å². The summed E-state index contributed by atoms with van der Waals surface area (Å²) in [6.45, 7) is 6.69. The summed E-state index contributed by atoms with van der Waals surface area (Å²) < 4.78 is 58.8. The lowest BCUT2D eigenvalue weighted by Crippen LogP contribution is -2.41. The topological polar surface area (TPSA) is 18.5 Å². The molecule has 16 heavy (non-hydrogen) atoms. The van der Waals surface area contributed by atoms with Gasteiger partial charge in [-0.1, -0.05) is 0 Å². The van der Waals surface area contributed by atoms with Crippen LogP contribution in [0.25, 0.3) is 0 Å². The van der Waals surface area contributed by atoms with Crippen LogP contribution >= 0.6 is 0 Å². The van der Waals surface area contributed by atoms with Gasteiger partial charge in [0.1, 0.15) is 0 Å². The molecule has 1 heterocycles. The normalized spacial score (nSPS) is 25.0. The van der Waals surface area contributed by atoms with Crippen molar-refractivity contribution in [2.24, 2.45) is 0 Å². The minimum absolute atomic E-state index is 0.302. The smallest absolute Gasteiger partial charge is 0.400 e. The van der Waals surface area contributed by atoms with E-state index in [1.165, 1.54) is 0 Å². The van der Waals surface area contributed by atoms with Crippen LogP contribution in [0.5, 0.6) is 0 Å². The van der Waals surface area contributed by atoms with Crippen LogP contribution < -0.4 is 0 Å². The van der Waals surface area contributed by atoms with E-state index in [1.807, 2.05) is 0 Å². The summed E-state index contributed by atoms with van der Waals surface area (Å²) in [4.78, 5) is 0. The Hall–Kier alpha value is -0.555. The molecule has 92 valence electrons. The number of hydrogen-bond acceptors (Lipinski definition) is 2. The third-order valence-electron chi connectivity index (χ3n) is 2.82. The van der Waals surface area contributed by atoms with Crippen molar-refractivity contribution in [3.8, 4) is 0 Å². The molecule has 0 atom stereocenters. The largest absolute Gasteiger partial charge is 0.490 e. The molecule has 2 nitrogen and oxygen atoms in total. The van der Waals surface area contributed by atoms with Gasteiger partial charge >= 0.3 is 13.3 Å². The summed E-state index contributed by atoms with van der Waals surface area (Å²) in [6, 6.07) is 0. The van der Waals surface area contributed by atoms with E-state index in [1.54, 1.807) is 27.7 Å². The van der Waals surface area contributed by atoms with Crippen LogP contribution in [0.2, 0.25) is 0 Å². The van der Waals surface area contributed by atoms with Crippen molar-refractivity contribution in [2.45, 2.75) is 45.1 Å². The molecule has 0 N–H and O–H groups in total. The van der Waals surface area contributed by atoms with Crippen molar-refractivity contribution in [3.05, 3.63) is 11.8 Å². The Bertz CT molecular complexity index is 293. The highest BCUT2D eigenvalue weighted by Crippen LogP contribution is 2.38. The molecular formula is C9H13BF4O2. The Labute approximate surface area is 91.7 Å². The molecule has 0 aromatic carbocycles. The zero-order chi connectivity index (χ0) is 12.8. The van der Waals surface area contributed by atoms with Crippen molar-refractivity contribution in [3.63, 3.8) is 0 Å². The van der Waals surface area contributed by atoms with Crippen LogP contribution in [0.4, 0.5) is 17.6 Å². The van der Waals surface area contributed by atoms with Gasteiger partial charge in [-0.15, -0.1) is 0 Å². The second-order valence-corrected chi connectivity index (χ2v) is 4.64. The van der Waals surface area contributed by atoms with Crippen molar-refractivity contribution in [2.75, 3.05) is 0 Å². The number of halogens is 4. The molecule has 0 aliphatic carbocycles. The van der Waals surface area contributed by atoms with Gasteiger partial charge in [0.15, 0.2) is 5.83 Å². The molecule has 0 saturated carbocycles. The second-order valence-electron chi connectivity index (χ2n) is 4.64. The predicted molar refractivity (Wildman–Crippen MR) is 51.3 cm³/mol. The molecule has 0 aromatic rings. The Morgan fingerprint density at radius 1 is 1.06 bits per heavy atom. The van der Waals surface area contributed by atoms with Gasteiger partial charge in [0.2, 0.25) is 0 Å². The molecule has 1 aliphatic heterocycles. The molecule has 1 fully saturated rings. The highest BCUT2D eigenvalue weighted by molar-refractivity contribution is 6.51. The van der Waals surface area contributed by atoms with E-state index in [-0.39, 0.29) is 0 Å². The molecule has 7 heteroatoms. The number of alkyl halides is 3. The maximum atomic E-state index is 12.6. The Morgan fingerprint density at radius 3 is 1.75 bits per heavy atom. The van der Waals surface area contributed by atoms with Crippen molar-refractivity contribution >= 4 is 7.12 Å². The zero-order valence-corrected chi connectivity index (χ0v) is 9.48. The fourth-order valence-corrected chi connectivity index (χ4v) is 1.17. The summed E-state index contributed by atoms with van der Waals surface area (Å²) in [5.74, 6) is -1.90. The standard InChI is InChI=1S/C9H13BF4O2/c1-7(2)8(3,4)16-10(15-7)5-6(11)9(12,13)14/h5H,1-4H3. The average Bonchev–Trinajstić information content (AvgIpc) is 2.17. The Morgan fingerprint density at radius 2 is 1.44 bits per heavy atom. The fraction of sp³-hybridized carbons (Fsp3) is 0.778. The number of allylic oxidation sites excluding steroid dienone is 1. The van der Waals surface area contributed by atoms with E-state index in [0.29, 0.717) is 5.98 Å². The van der Waals surface area contributed by atoms with Gasteiger partial charge in [0.05, 0.1) is 11.2 Å². The van der Waals surface area contributed by atoms with E-state index in [9.17, 15) is 17.6 Å². The maximum Gasteiger partial charge on any atom is 0.490 e. The minimum Gasteiger partial charge on any atom is -0.400 e. The summed E-state index contributed by atoms with van der Waals surface area (Å²) in [5.41, 5.74) is -1.56. The zero-order valence-electron chi connectivity index (χ0n) is 9.48. The Kier molecular flexibility index (Phi) is 3.15. The van der Waals surface area contributed by atoms with Crippen LogP contribution in [0.3, 0.4) is 0 Å². The third kappa shape index (κ3) is 2.57. The fourth-order valence-electron chi connectivity index (χ4n) is 1.17. The van der Waals surface area contributed by atoms with Gasteiger partial charge in [-0.25, -0.2) is 4.39 Å². The van der Waals surface area contributed by atoms with Gasteiger partial charge in [-0.05, 0) is 33.7 Å². The number of rotatable bonds is 1. The highest BCUT2D eigenvalue weighted by Gasteiger charge is 2.51. The summed E-state index contributed by atoms with van der Waals surface area (Å²) >= 11 is 0. The Balaban J connectivity index is 2.82. The summed E-state index contributed by atoms with van der Waals surface area (Å²) in [7, 11) is -1.31. The van der Waals surface area contributed by atoms with E-state index in [4.69, 9.17) is 9.31 Å². The molecule has 0 unspecified atom stereocenters. The van der Waals surface area contributed by atoms with Crippen LogP contribution in [0.15, 0.2) is 11.8 Å². The quantitative estimate of drug-likeness (QED) is 0.518. The highest BCUT2D eigenvalue weighted by atomic mass is 19.4. The van der Waals surface area contributed by atoms with Crippen LogP contribution in [0.1, 0.15) is 27.7 Å². The van der Waals surface area contributed by atoms with E-state index in [2.05, 4.69) is 0 Å². The lowest BCUT2D eigenvalue weighted by atomic mass is 9.89. The SMILES string of the molecule is CC1(C)OB(C=C(F)C(F)(F)F)OC1(C)C. The van der Waals surface area contributed by atoms with Gasteiger partial charge < -0.3 is 9.31 Å². The van der Waals surface area contributed by atoms with Crippen molar-refractivity contribution < 1.29 is 26.9 Å². The predicted octanol–water partition coefficient (Wildman–Crippen LogP) is 3.03. The molecule has 0 spiro atoms. The summed E-state index contributed by atoms with van der Waals surface area (Å²) in [6.07, 6.45) is -5.00. The number of hydrogen-bond donors (Lipinski definition) is 0. The van der Waals surface area contributed by atoms with E-state index >= 15 is 0 Å². The first-order valence-electron chi connectivity index (χ1n) is 4.76. The van der Waals surface area contributed by atoms with Crippen LogP contribution in [0, 0.1) is 0 Å². The minimum atomic E-state index is -5.00.